The number of amides is 1. The Kier molecular flexibility index (Phi) is 6.56. The van der Waals surface area contributed by atoms with Crippen molar-refractivity contribution in [2.45, 2.75) is 25.5 Å². The highest BCUT2D eigenvalue weighted by molar-refractivity contribution is 6.02. The number of carbonyl (C=O) groups excluding carboxylic acids is 1. The van der Waals surface area contributed by atoms with Gasteiger partial charge in [0, 0.05) is 31.5 Å². The van der Waals surface area contributed by atoms with Gasteiger partial charge < -0.3 is 19.5 Å². The van der Waals surface area contributed by atoms with Crippen LogP contribution in [0, 0.1) is 0 Å². The second kappa shape index (κ2) is 9.29. The Morgan fingerprint density at radius 3 is 3.04 bits per heavy atom. The highest BCUT2D eigenvalue weighted by Gasteiger charge is 2.16. The number of benzene rings is 1. The maximum atomic E-state index is 12.4. The van der Waals surface area contributed by atoms with Gasteiger partial charge >= 0.3 is 0 Å². The van der Waals surface area contributed by atoms with E-state index in [1.54, 1.807) is 18.2 Å². The molecule has 2 heterocycles. The number of ether oxygens (including phenoxy) is 3. The summed E-state index contributed by atoms with van der Waals surface area (Å²) in [5.41, 5.74) is 0.450. The molecule has 2 aromatic rings. The molecule has 1 aromatic heterocycles. The molecule has 8 nitrogen and oxygen atoms in total. The molecule has 1 aliphatic rings. The predicted octanol–water partition coefficient (Wildman–Crippen LogP) is 1.70. The Balaban J connectivity index is 1.63. The molecule has 0 radical (unpaired) electrons. The fraction of sp³-hybridized carbons (Fsp3) is 0.421. The smallest absolute Gasteiger partial charge is 0.276 e. The summed E-state index contributed by atoms with van der Waals surface area (Å²) >= 11 is 0. The molecule has 0 spiro atoms. The van der Waals surface area contributed by atoms with Crippen LogP contribution in [0.15, 0.2) is 41.2 Å². The third kappa shape index (κ3) is 5.38. The van der Waals surface area contributed by atoms with Gasteiger partial charge in [-0.1, -0.05) is 6.07 Å². The normalized spacial score (nSPS) is 16.3. The Morgan fingerprint density at radius 1 is 1.37 bits per heavy atom. The van der Waals surface area contributed by atoms with Crippen LogP contribution in [0.1, 0.15) is 23.3 Å². The summed E-state index contributed by atoms with van der Waals surface area (Å²) < 4.78 is 17.4. The second-order valence-electron chi connectivity index (χ2n) is 6.20. The summed E-state index contributed by atoms with van der Waals surface area (Å²) in [6.45, 7) is 1.89. The van der Waals surface area contributed by atoms with Crippen molar-refractivity contribution in [2.24, 2.45) is 0 Å². The predicted molar refractivity (Wildman–Crippen MR) is 99.2 cm³/mol. The van der Waals surface area contributed by atoms with E-state index in [1.807, 2.05) is 6.07 Å². The molecule has 0 unspecified atom stereocenters. The van der Waals surface area contributed by atoms with Crippen LogP contribution in [0.2, 0.25) is 0 Å². The molecule has 144 valence electrons. The van der Waals surface area contributed by atoms with Crippen molar-refractivity contribution < 1.29 is 19.0 Å². The largest absolute Gasteiger partial charge is 0.491 e. The number of hydrogen-bond acceptors (Lipinski definition) is 6. The van der Waals surface area contributed by atoms with Gasteiger partial charge in [0.25, 0.3) is 11.5 Å². The van der Waals surface area contributed by atoms with Gasteiger partial charge in [-0.05, 0) is 31.0 Å². The third-order valence-electron chi connectivity index (χ3n) is 4.16. The number of anilines is 1. The van der Waals surface area contributed by atoms with Crippen molar-refractivity contribution in [3.05, 3.63) is 52.4 Å². The van der Waals surface area contributed by atoms with E-state index in [9.17, 15) is 9.59 Å². The van der Waals surface area contributed by atoms with Gasteiger partial charge in [-0.2, -0.15) is 5.10 Å². The quantitative estimate of drug-likeness (QED) is 0.757. The van der Waals surface area contributed by atoms with Crippen LogP contribution in [-0.2, 0) is 16.0 Å². The maximum absolute atomic E-state index is 12.4. The van der Waals surface area contributed by atoms with Crippen molar-refractivity contribution in [1.82, 2.24) is 9.78 Å². The minimum atomic E-state index is -0.405. The van der Waals surface area contributed by atoms with Gasteiger partial charge in [0.15, 0.2) is 0 Å². The number of hydrogen-bond donors (Lipinski definition) is 1. The van der Waals surface area contributed by atoms with Crippen molar-refractivity contribution in [1.29, 1.82) is 0 Å². The lowest BCUT2D eigenvalue weighted by Crippen LogP contribution is -2.27. The van der Waals surface area contributed by atoms with E-state index in [0.717, 1.165) is 19.4 Å². The zero-order valence-corrected chi connectivity index (χ0v) is 15.2. The molecule has 1 amide bonds. The van der Waals surface area contributed by atoms with E-state index < -0.39 is 5.91 Å². The molecule has 3 rings (SSSR count). The Hall–Kier alpha value is -2.71. The van der Waals surface area contributed by atoms with Crippen LogP contribution in [0.3, 0.4) is 0 Å². The highest BCUT2D eigenvalue weighted by Crippen LogP contribution is 2.20. The molecule has 8 heteroatoms. The molecule has 1 atom stereocenters. The van der Waals surface area contributed by atoms with E-state index in [2.05, 4.69) is 10.4 Å². The van der Waals surface area contributed by atoms with Gasteiger partial charge in [-0.3, -0.25) is 9.59 Å². The number of nitrogens with one attached hydrogen (secondary N) is 1. The second-order valence-corrected chi connectivity index (χ2v) is 6.20. The van der Waals surface area contributed by atoms with Crippen LogP contribution < -0.4 is 15.6 Å². The lowest BCUT2D eigenvalue weighted by molar-refractivity contribution is 0.0680. The SMILES string of the molecule is COCCn1nc(C(=O)Nc2cccc(OC[C@H]3CCCO3)c2)ccc1=O. The molecule has 1 fully saturated rings. The van der Waals surface area contributed by atoms with Gasteiger partial charge in [-0.15, -0.1) is 0 Å². The van der Waals surface area contributed by atoms with E-state index in [0.29, 0.717) is 24.7 Å². The molecule has 27 heavy (non-hydrogen) atoms. The van der Waals surface area contributed by atoms with E-state index in [-0.39, 0.29) is 23.9 Å². The van der Waals surface area contributed by atoms with Crippen molar-refractivity contribution in [3.8, 4) is 5.75 Å². The fourth-order valence-electron chi connectivity index (χ4n) is 2.73. The minimum Gasteiger partial charge on any atom is -0.491 e. The molecule has 0 saturated carbocycles. The molecule has 0 bridgehead atoms. The number of carbonyl (C=O) groups is 1. The molecular formula is C19H23N3O5. The number of aromatic nitrogens is 2. The van der Waals surface area contributed by atoms with Crippen LogP contribution in [0.25, 0.3) is 0 Å². The first-order valence-corrected chi connectivity index (χ1v) is 8.88. The number of methoxy groups -OCH3 is 1. The molecule has 1 aliphatic heterocycles. The summed E-state index contributed by atoms with van der Waals surface area (Å²) in [7, 11) is 1.54. The first-order valence-electron chi connectivity index (χ1n) is 8.88. The lowest BCUT2D eigenvalue weighted by atomic mass is 10.2. The molecule has 1 aromatic carbocycles. The summed E-state index contributed by atoms with van der Waals surface area (Å²) in [5.74, 6) is 0.249. The Morgan fingerprint density at radius 2 is 2.26 bits per heavy atom. The van der Waals surface area contributed by atoms with Crippen molar-refractivity contribution in [3.63, 3.8) is 0 Å². The Labute approximate surface area is 157 Å². The molecule has 0 aliphatic carbocycles. The van der Waals surface area contributed by atoms with Crippen molar-refractivity contribution in [2.75, 3.05) is 32.2 Å². The topological polar surface area (TPSA) is 91.7 Å². The average Bonchev–Trinajstić information content (AvgIpc) is 3.19. The lowest BCUT2D eigenvalue weighted by Gasteiger charge is -2.12. The van der Waals surface area contributed by atoms with Crippen LogP contribution >= 0.6 is 0 Å². The monoisotopic (exact) mass is 373 g/mol. The average molecular weight is 373 g/mol. The standard InChI is InChI=1S/C19H23N3O5/c1-25-11-9-22-18(23)8-7-17(21-22)19(24)20-14-4-2-5-15(12-14)27-13-16-6-3-10-26-16/h2,4-5,7-8,12,16H,3,6,9-11,13H2,1H3,(H,20,24)/t16-/m1/s1. The summed E-state index contributed by atoms with van der Waals surface area (Å²) in [6, 6.07) is 9.85. The van der Waals surface area contributed by atoms with E-state index in [4.69, 9.17) is 14.2 Å². The molecule has 1 N–H and O–H groups in total. The summed E-state index contributed by atoms with van der Waals surface area (Å²) in [6.07, 6.45) is 2.19. The molecule has 1 saturated heterocycles. The number of rotatable bonds is 8. The van der Waals surface area contributed by atoms with Gasteiger partial charge in [0.05, 0.1) is 19.3 Å². The fourth-order valence-corrected chi connectivity index (χ4v) is 2.73. The van der Waals surface area contributed by atoms with Crippen molar-refractivity contribution >= 4 is 11.6 Å². The van der Waals surface area contributed by atoms with Crippen LogP contribution in [0.4, 0.5) is 5.69 Å². The zero-order valence-electron chi connectivity index (χ0n) is 15.2. The van der Waals surface area contributed by atoms with E-state index in [1.165, 1.54) is 23.9 Å². The summed E-state index contributed by atoms with van der Waals surface area (Å²) in [4.78, 5) is 24.2. The third-order valence-corrected chi connectivity index (χ3v) is 4.16. The van der Waals surface area contributed by atoms with Crippen LogP contribution in [0.5, 0.6) is 5.75 Å². The zero-order chi connectivity index (χ0) is 19.1. The van der Waals surface area contributed by atoms with Gasteiger partial charge in [0.2, 0.25) is 0 Å². The minimum absolute atomic E-state index is 0.126. The van der Waals surface area contributed by atoms with E-state index >= 15 is 0 Å². The maximum Gasteiger partial charge on any atom is 0.276 e. The molecular weight excluding hydrogens is 350 g/mol. The highest BCUT2D eigenvalue weighted by atomic mass is 16.5. The van der Waals surface area contributed by atoms with Crippen LogP contribution in [-0.4, -0.2) is 48.7 Å². The first kappa shape index (κ1) is 19.1. The summed E-state index contributed by atoms with van der Waals surface area (Å²) in [5, 5.41) is 6.85. The Bertz CT molecular complexity index is 830. The first-order chi connectivity index (χ1) is 13.2. The van der Waals surface area contributed by atoms with Gasteiger partial charge in [-0.25, -0.2) is 4.68 Å². The number of nitrogens with zero attached hydrogens (tertiary/aromatic N) is 2. The van der Waals surface area contributed by atoms with Gasteiger partial charge in [0.1, 0.15) is 18.1 Å².